The molecule has 2 aromatic carbocycles. The Bertz CT molecular complexity index is 1060. The van der Waals surface area contributed by atoms with Crippen LogP contribution in [0.25, 0.3) is 0 Å². The molecule has 0 fully saturated rings. The standard InChI is InChI=1S/C20H23ClN2O7S/c1-12-10-17(30-3)18(11-15(12)21)31(27,28)23-16(20(25)26)8-9-19(24)22-13-4-6-14(29-2)7-5-13/h4-7,10-11,16,23H,8-9H2,1-3H3,(H,22,24)(H,25,26)/t16-/m0/s1. The van der Waals surface area contributed by atoms with Gasteiger partial charge in [-0.2, -0.15) is 4.72 Å². The van der Waals surface area contributed by atoms with Crippen LogP contribution in [0.15, 0.2) is 41.3 Å². The number of carboxylic acids is 1. The summed E-state index contributed by atoms with van der Waals surface area (Å²) < 4.78 is 37.7. The number of carboxylic acid groups (broad SMARTS) is 1. The first kappa shape index (κ1) is 24.4. The minimum Gasteiger partial charge on any atom is -0.497 e. The second-order valence-electron chi connectivity index (χ2n) is 6.58. The lowest BCUT2D eigenvalue weighted by atomic mass is 10.1. The van der Waals surface area contributed by atoms with Crippen LogP contribution in [0.2, 0.25) is 5.02 Å². The zero-order chi connectivity index (χ0) is 23.2. The molecule has 1 atom stereocenters. The van der Waals surface area contributed by atoms with Crippen LogP contribution in [0.4, 0.5) is 5.69 Å². The molecule has 0 aliphatic rings. The third-order valence-corrected chi connectivity index (χ3v) is 6.26. The van der Waals surface area contributed by atoms with Crippen molar-refractivity contribution in [1.82, 2.24) is 4.72 Å². The quantitative estimate of drug-likeness (QED) is 0.486. The molecular formula is C20H23ClN2O7S. The highest BCUT2D eigenvalue weighted by Gasteiger charge is 2.28. The summed E-state index contributed by atoms with van der Waals surface area (Å²) in [5, 5.41) is 12.2. The van der Waals surface area contributed by atoms with Gasteiger partial charge < -0.3 is 19.9 Å². The summed E-state index contributed by atoms with van der Waals surface area (Å²) in [5.41, 5.74) is 1.10. The molecule has 0 radical (unpaired) electrons. The van der Waals surface area contributed by atoms with Crippen molar-refractivity contribution in [2.75, 3.05) is 19.5 Å². The largest absolute Gasteiger partial charge is 0.497 e. The van der Waals surface area contributed by atoms with Crippen molar-refractivity contribution in [3.05, 3.63) is 47.0 Å². The Hall–Kier alpha value is -2.82. The molecule has 31 heavy (non-hydrogen) atoms. The lowest BCUT2D eigenvalue weighted by molar-refractivity contribution is -0.139. The van der Waals surface area contributed by atoms with Crippen LogP contribution >= 0.6 is 11.6 Å². The second kappa shape index (κ2) is 10.5. The molecule has 0 heterocycles. The summed E-state index contributed by atoms with van der Waals surface area (Å²) in [4.78, 5) is 23.5. The number of nitrogens with one attached hydrogen (secondary N) is 2. The zero-order valence-corrected chi connectivity index (χ0v) is 18.7. The van der Waals surface area contributed by atoms with Crippen molar-refractivity contribution < 1.29 is 32.6 Å². The number of hydrogen-bond donors (Lipinski definition) is 3. The van der Waals surface area contributed by atoms with Crippen molar-refractivity contribution in [1.29, 1.82) is 0 Å². The zero-order valence-electron chi connectivity index (χ0n) is 17.1. The van der Waals surface area contributed by atoms with Gasteiger partial charge in [-0.1, -0.05) is 11.6 Å². The fourth-order valence-corrected chi connectivity index (χ4v) is 4.29. The molecule has 0 bridgehead atoms. The van der Waals surface area contributed by atoms with Gasteiger partial charge in [-0.3, -0.25) is 9.59 Å². The first-order chi connectivity index (χ1) is 14.6. The van der Waals surface area contributed by atoms with Crippen LogP contribution in [0.1, 0.15) is 18.4 Å². The fourth-order valence-electron chi connectivity index (χ4n) is 2.66. The van der Waals surface area contributed by atoms with Gasteiger partial charge in [0.25, 0.3) is 0 Å². The predicted octanol–water partition coefficient (Wildman–Crippen LogP) is 2.82. The molecule has 0 saturated carbocycles. The minimum atomic E-state index is -4.29. The second-order valence-corrected chi connectivity index (χ2v) is 8.67. The molecule has 3 N–H and O–H groups in total. The van der Waals surface area contributed by atoms with Gasteiger partial charge in [0, 0.05) is 17.1 Å². The van der Waals surface area contributed by atoms with E-state index < -0.39 is 27.9 Å². The number of benzene rings is 2. The maximum absolute atomic E-state index is 12.8. The number of halogens is 1. The lowest BCUT2D eigenvalue weighted by Crippen LogP contribution is -2.41. The van der Waals surface area contributed by atoms with Gasteiger partial charge in [-0.25, -0.2) is 8.42 Å². The minimum absolute atomic E-state index is 0.0239. The van der Waals surface area contributed by atoms with E-state index in [2.05, 4.69) is 10.0 Å². The van der Waals surface area contributed by atoms with E-state index in [0.29, 0.717) is 17.0 Å². The fraction of sp³-hybridized carbons (Fsp3) is 0.300. The number of ether oxygens (including phenoxy) is 2. The molecule has 2 aromatic rings. The molecule has 0 unspecified atom stereocenters. The van der Waals surface area contributed by atoms with Crippen molar-refractivity contribution >= 4 is 39.2 Å². The number of carbonyl (C=O) groups excluding carboxylic acids is 1. The van der Waals surface area contributed by atoms with Crippen molar-refractivity contribution in [3.63, 3.8) is 0 Å². The maximum atomic E-state index is 12.8. The topological polar surface area (TPSA) is 131 Å². The van der Waals surface area contributed by atoms with Gasteiger partial charge in [0.1, 0.15) is 22.4 Å². The van der Waals surface area contributed by atoms with E-state index in [9.17, 15) is 23.1 Å². The number of hydrogen-bond acceptors (Lipinski definition) is 6. The molecule has 168 valence electrons. The van der Waals surface area contributed by atoms with E-state index in [1.54, 1.807) is 31.2 Å². The van der Waals surface area contributed by atoms with Gasteiger partial charge >= 0.3 is 5.97 Å². The number of sulfonamides is 1. The number of rotatable bonds is 10. The SMILES string of the molecule is COc1ccc(NC(=O)CC[C@H](NS(=O)(=O)c2cc(Cl)c(C)cc2OC)C(=O)O)cc1. The molecule has 0 spiro atoms. The van der Waals surface area contributed by atoms with E-state index in [4.69, 9.17) is 21.1 Å². The summed E-state index contributed by atoms with van der Waals surface area (Å²) in [7, 11) is -1.48. The number of methoxy groups -OCH3 is 2. The number of anilines is 1. The first-order valence-electron chi connectivity index (χ1n) is 9.10. The Kier molecular flexibility index (Phi) is 8.26. The van der Waals surface area contributed by atoms with E-state index in [-0.39, 0.29) is 28.5 Å². The molecule has 0 aliphatic carbocycles. The van der Waals surface area contributed by atoms with Crippen LogP contribution in [0.5, 0.6) is 11.5 Å². The smallest absolute Gasteiger partial charge is 0.321 e. The molecule has 1 amide bonds. The monoisotopic (exact) mass is 470 g/mol. The normalized spacial score (nSPS) is 12.1. The summed E-state index contributed by atoms with van der Waals surface area (Å²) in [6, 6.07) is 7.66. The molecular weight excluding hydrogens is 448 g/mol. The summed E-state index contributed by atoms with van der Waals surface area (Å²) >= 11 is 6.02. The molecule has 2 rings (SSSR count). The van der Waals surface area contributed by atoms with E-state index in [1.165, 1.54) is 26.4 Å². The Labute approximate surface area is 185 Å². The third kappa shape index (κ3) is 6.58. The highest BCUT2D eigenvalue weighted by molar-refractivity contribution is 7.89. The summed E-state index contributed by atoms with van der Waals surface area (Å²) in [5.74, 6) is -1.25. The Morgan fingerprint density at radius 1 is 1.13 bits per heavy atom. The third-order valence-electron chi connectivity index (χ3n) is 4.36. The van der Waals surface area contributed by atoms with Crippen molar-refractivity contribution in [2.45, 2.75) is 30.7 Å². The van der Waals surface area contributed by atoms with Crippen LogP contribution in [-0.2, 0) is 19.6 Å². The lowest BCUT2D eigenvalue weighted by Gasteiger charge is -2.17. The molecule has 11 heteroatoms. The van der Waals surface area contributed by atoms with Crippen molar-refractivity contribution in [2.24, 2.45) is 0 Å². The van der Waals surface area contributed by atoms with Gasteiger partial charge in [0.2, 0.25) is 15.9 Å². The van der Waals surface area contributed by atoms with Gasteiger partial charge in [0.15, 0.2) is 0 Å². The Morgan fingerprint density at radius 2 is 1.77 bits per heavy atom. The van der Waals surface area contributed by atoms with Crippen LogP contribution in [0.3, 0.4) is 0 Å². The average molecular weight is 471 g/mol. The highest BCUT2D eigenvalue weighted by atomic mass is 35.5. The average Bonchev–Trinajstić information content (AvgIpc) is 2.72. The van der Waals surface area contributed by atoms with Crippen LogP contribution in [-0.4, -0.2) is 45.7 Å². The molecule has 0 saturated heterocycles. The number of aryl methyl sites for hydroxylation is 1. The molecule has 9 nitrogen and oxygen atoms in total. The molecule has 0 aromatic heterocycles. The number of aliphatic carboxylic acids is 1. The molecule has 0 aliphatic heterocycles. The van der Waals surface area contributed by atoms with E-state index in [0.717, 1.165) is 0 Å². The van der Waals surface area contributed by atoms with Gasteiger partial charge in [-0.05, 0) is 55.3 Å². The predicted molar refractivity (Wildman–Crippen MR) is 115 cm³/mol. The number of amides is 1. The van der Waals surface area contributed by atoms with E-state index in [1.807, 2.05) is 0 Å². The Morgan fingerprint density at radius 3 is 2.32 bits per heavy atom. The van der Waals surface area contributed by atoms with Gasteiger partial charge in [-0.15, -0.1) is 0 Å². The van der Waals surface area contributed by atoms with Gasteiger partial charge in [0.05, 0.1) is 14.2 Å². The van der Waals surface area contributed by atoms with E-state index >= 15 is 0 Å². The summed E-state index contributed by atoms with van der Waals surface area (Å²) in [6.45, 7) is 1.68. The highest BCUT2D eigenvalue weighted by Crippen LogP contribution is 2.30. The number of carbonyl (C=O) groups is 2. The van der Waals surface area contributed by atoms with Crippen LogP contribution < -0.4 is 19.5 Å². The van der Waals surface area contributed by atoms with Crippen LogP contribution in [0, 0.1) is 6.92 Å². The first-order valence-corrected chi connectivity index (χ1v) is 11.0. The summed E-state index contributed by atoms with van der Waals surface area (Å²) in [6.07, 6.45) is -0.490. The van der Waals surface area contributed by atoms with Crippen molar-refractivity contribution in [3.8, 4) is 11.5 Å². The Balaban J connectivity index is 2.09. The maximum Gasteiger partial charge on any atom is 0.321 e.